The number of quaternary nitrogens is 1. The van der Waals surface area contributed by atoms with Crippen molar-refractivity contribution >= 4 is 0 Å². The zero-order valence-electron chi connectivity index (χ0n) is 17.3. The summed E-state index contributed by atoms with van der Waals surface area (Å²) in [5.41, 5.74) is 3.64. The number of hydrogen-bond donors (Lipinski definition) is 1. The van der Waals surface area contributed by atoms with Gasteiger partial charge in [-0.05, 0) is 12.8 Å². The van der Waals surface area contributed by atoms with E-state index in [1.54, 1.807) is 0 Å². The van der Waals surface area contributed by atoms with Crippen molar-refractivity contribution in [2.75, 3.05) is 27.2 Å². The second kappa shape index (κ2) is 19.7. The van der Waals surface area contributed by atoms with Crippen LogP contribution in [0.2, 0.25) is 0 Å². The first-order valence-corrected chi connectivity index (χ1v) is 10.7. The van der Waals surface area contributed by atoms with Crippen molar-refractivity contribution < 1.29 is 21.6 Å². The van der Waals surface area contributed by atoms with Gasteiger partial charge in [-0.15, -0.1) is 0 Å². The van der Waals surface area contributed by atoms with Crippen molar-refractivity contribution in [1.29, 1.82) is 0 Å². The summed E-state index contributed by atoms with van der Waals surface area (Å²) in [6.07, 6.45) is 21.4. The fourth-order valence-corrected chi connectivity index (χ4v) is 3.34. The Kier molecular flexibility index (Phi) is 21.9. The first-order valence-electron chi connectivity index (χ1n) is 10.7. The third-order valence-corrected chi connectivity index (χ3v) is 4.85. The van der Waals surface area contributed by atoms with Gasteiger partial charge in [-0.1, -0.05) is 97.3 Å². The normalized spacial score (nSPS) is 11.5. The van der Waals surface area contributed by atoms with E-state index >= 15 is 0 Å². The summed E-state index contributed by atoms with van der Waals surface area (Å²) in [7, 11) is 4.54. The maximum atomic E-state index is 3.64. The Morgan fingerprint density at radius 3 is 1.29 bits per heavy atom. The summed E-state index contributed by atoms with van der Waals surface area (Å²) in [4.78, 5) is 0. The maximum Gasteiger partial charge on any atom is 0.0955 e. The summed E-state index contributed by atoms with van der Waals surface area (Å²) >= 11 is 0. The minimum absolute atomic E-state index is 0. The predicted octanol–water partition coefficient (Wildman–Crippen LogP) is 3.46. The van der Waals surface area contributed by atoms with Crippen LogP contribution in [0.15, 0.2) is 0 Å². The van der Waals surface area contributed by atoms with Crippen LogP contribution in [0.25, 0.3) is 0 Å². The molecule has 0 amide bonds. The van der Waals surface area contributed by atoms with Gasteiger partial charge in [-0.3, -0.25) is 4.59 Å². The summed E-state index contributed by atoms with van der Waals surface area (Å²) in [6, 6.07) is 0. The van der Waals surface area contributed by atoms with Crippen molar-refractivity contribution in [1.82, 2.24) is 5.43 Å². The summed E-state index contributed by atoms with van der Waals surface area (Å²) in [6.45, 7) is 6.95. The molecule has 3 heteroatoms. The van der Waals surface area contributed by atoms with Crippen molar-refractivity contribution in [2.24, 2.45) is 0 Å². The lowest BCUT2D eigenvalue weighted by molar-refractivity contribution is -0.934. The monoisotopic (exact) mass is 406 g/mol. The third-order valence-electron chi connectivity index (χ3n) is 4.85. The molecule has 0 saturated carbocycles. The van der Waals surface area contributed by atoms with Crippen molar-refractivity contribution in [3.05, 3.63) is 0 Å². The highest BCUT2D eigenvalue weighted by molar-refractivity contribution is 4.49. The van der Waals surface area contributed by atoms with Gasteiger partial charge in [0, 0.05) is 6.54 Å². The zero-order valence-corrected chi connectivity index (χ0v) is 18.9. The molecule has 0 saturated heterocycles. The second-order valence-electron chi connectivity index (χ2n) is 7.91. The van der Waals surface area contributed by atoms with Gasteiger partial charge in [0.25, 0.3) is 0 Å². The van der Waals surface area contributed by atoms with E-state index in [-0.39, 0.29) is 17.0 Å². The summed E-state index contributed by atoms with van der Waals surface area (Å²) in [5, 5.41) is 0. The average Bonchev–Trinajstić information content (AvgIpc) is 2.51. The molecule has 2 nitrogen and oxygen atoms in total. The van der Waals surface area contributed by atoms with Crippen LogP contribution in [0.3, 0.4) is 0 Å². The van der Waals surface area contributed by atoms with Gasteiger partial charge in [0.15, 0.2) is 0 Å². The minimum Gasteiger partial charge on any atom is -1.00 e. The van der Waals surface area contributed by atoms with E-state index in [1.165, 1.54) is 109 Å². The molecule has 0 bridgehead atoms. The fourth-order valence-electron chi connectivity index (χ4n) is 3.34. The minimum atomic E-state index is 0. The summed E-state index contributed by atoms with van der Waals surface area (Å²) < 4.78 is 0.967. The average molecular weight is 408 g/mol. The number of rotatable bonds is 18. The molecular weight excluding hydrogens is 360 g/mol. The lowest BCUT2D eigenvalue weighted by Gasteiger charge is -2.29. The van der Waals surface area contributed by atoms with Crippen molar-refractivity contribution in [3.63, 3.8) is 0 Å². The molecule has 148 valence electrons. The molecule has 0 atom stereocenters. The van der Waals surface area contributed by atoms with E-state index in [0.717, 1.165) is 4.59 Å². The number of hydrogen-bond acceptors (Lipinski definition) is 1. The first-order chi connectivity index (χ1) is 11.1. The largest absolute Gasteiger partial charge is 1.00 e. The number of nitrogens with one attached hydrogen (secondary N) is 1. The molecule has 0 unspecified atom stereocenters. The highest BCUT2D eigenvalue weighted by atomic mass is 79.9. The van der Waals surface area contributed by atoms with Crippen LogP contribution in [0, 0.1) is 0 Å². The molecule has 1 N–H and O–H groups in total. The van der Waals surface area contributed by atoms with Gasteiger partial charge in [0.2, 0.25) is 0 Å². The Labute approximate surface area is 164 Å². The highest BCUT2D eigenvalue weighted by Gasteiger charge is 2.11. The van der Waals surface area contributed by atoms with Crippen LogP contribution in [0.4, 0.5) is 0 Å². The Morgan fingerprint density at radius 2 is 0.917 bits per heavy atom. The maximum absolute atomic E-state index is 3.64. The Bertz CT molecular complexity index is 232. The molecule has 0 spiro atoms. The molecule has 0 aromatic rings. The number of unbranched alkanes of at least 4 members (excludes halogenated alkanes) is 13. The topological polar surface area (TPSA) is 12.0 Å². The Hall–Kier alpha value is 0.400. The molecule has 0 aromatic carbocycles. The third kappa shape index (κ3) is 20.4. The standard InChI is InChI=1S/C21H47N2.BrH/c1-5-7-8-9-10-11-12-13-14-15-16-17-18-19-20-22-23(3,4)21-6-2;/h22H,5-21H2,1-4H3;1H/q+1;/p-1. The molecule has 0 aliphatic carbocycles. The predicted molar refractivity (Wildman–Crippen MR) is 106 cm³/mol. The van der Waals surface area contributed by atoms with E-state index in [1.807, 2.05) is 0 Å². The van der Waals surface area contributed by atoms with E-state index in [4.69, 9.17) is 0 Å². The molecule has 0 radical (unpaired) electrons. The molecule has 0 aromatic heterocycles. The van der Waals surface area contributed by atoms with Gasteiger partial charge in [0.1, 0.15) is 0 Å². The van der Waals surface area contributed by atoms with Crippen molar-refractivity contribution in [3.8, 4) is 0 Å². The molecule has 0 rings (SSSR count). The molecule has 0 fully saturated rings. The smallest absolute Gasteiger partial charge is 0.0955 e. The summed E-state index contributed by atoms with van der Waals surface area (Å²) in [5.74, 6) is 0. The van der Waals surface area contributed by atoms with Gasteiger partial charge in [-0.2, -0.15) is 5.43 Å². The van der Waals surface area contributed by atoms with Crippen LogP contribution < -0.4 is 22.4 Å². The Balaban J connectivity index is 0. The van der Waals surface area contributed by atoms with Crippen LogP contribution in [-0.2, 0) is 0 Å². The van der Waals surface area contributed by atoms with Crippen molar-refractivity contribution in [2.45, 2.75) is 110 Å². The molecular formula is C21H47BrN2. The van der Waals surface area contributed by atoms with Gasteiger partial charge >= 0.3 is 0 Å². The number of nitrogens with zero attached hydrogens (tertiary/aromatic N) is 1. The SMILES string of the molecule is CCCCCCCCCCCCCCCCN[N+](C)(C)CCC.[Br-]. The van der Waals surface area contributed by atoms with Crippen LogP contribution in [0.1, 0.15) is 110 Å². The highest BCUT2D eigenvalue weighted by Crippen LogP contribution is 2.12. The molecule has 24 heavy (non-hydrogen) atoms. The van der Waals surface area contributed by atoms with Crippen LogP contribution >= 0.6 is 0 Å². The first kappa shape index (κ1) is 26.6. The fraction of sp³-hybridized carbons (Fsp3) is 1.00. The van der Waals surface area contributed by atoms with E-state index < -0.39 is 0 Å². The quantitative estimate of drug-likeness (QED) is 0.208. The lowest BCUT2D eigenvalue weighted by atomic mass is 10.0. The van der Waals surface area contributed by atoms with E-state index in [9.17, 15) is 0 Å². The van der Waals surface area contributed by atoms with Crippen LogP contribution in [-0.4, -0.2) is 31.8 Å². The van der Waals surface area contributed by atoms with Gasteiger partial charge in [-0.25, -0.2) is 0 Å². The van der Waals surface area contributed by atoms with Gasteiger partial charge < -0.3 is 17.0 Å². The molecule has 0 aliphatic rings. The zero-order chi connectivity index (χ0) is 17.2. The van der Waals surface area contributed by atoms with E-state index in [0.29, 0.717) is 0 Å². The van der Waals surface area contributed by atoms with Gasteiger partial charge in [0.05, 0.1) is 20.6 Å². The van der Waals surface area contributed by atoms with E-state index in [2.05, 4.69) is 33.4 Å². The Morgan fingerprint density at radius 1 is 0.542 bits per heavy atom. The second-order valence-corrected chi connectivity index (χ2v) is 7.91. The molecule has 0 heterocycles. The molecule has 0 aliphatic heterocycles. The number of halogens is 1. The van der Waals surface area contributed by atoms with Crippen LogP contribution in [0.5, 0.6) is 0 Å². The lowest BCUT2D eigenvalue weighted by Crippen LogP contribution is -3.00.